The van der Waals surface area contributed by atoms with Gasteiger partial charge in [-0.15, -0.1) is 0 Å². The summed E-state index contributed by atoms with van der Waals surface area (Å²) < 4.78 is 5.19. The van der Waals surface area contributed by atoms with Crippen LogP contribution in [0.2, 0.25) is 0 Å². The number of hydrogen-bond acceptors (Lipinski definition) is 2. The van der Waals surface area contributed by atoms with E-state index < -0.39 is 0 Å². The number of rotatable bonds is 5. The van der Waals surface area contributed by atoms with E-state index in [4.69, 9.17) is 4.74 Å². The zero-order chi connectivity index (χ0) is 11.2. The van der Waals surface area contributed by atoms with Crippen molar-refractivity contribution < 1.29 is 9.53 Å². The first kappa shape index (κ1) is 13.2. The van der Waals surface area contributed by atoms with Crippen molar-refractivity contribution in [1.29, 1.82) is 0 Å². The fraction of sp³-hybridized carbons (Fsp3) is 0.750. The van der Waals surface area contributed by atoms with Crippen molar-refractivity contribution in [3.8, 4) is 0 Å². The summed E-state index contributed by atoms with van der Waals surface area (Å²) in [5, 5.41) is 0. The van der Waals surface area contributed by atoms with Gasteiger partial charge in [-0.1, -0.05) is 11.6 Å². The van der Waals surface area contributed by atoms with E-state index in [0.29, 0.717) is 0 Å². The van der Waals surface area contributed by atoms with Gasteiger partial charge in [0.25, 0.3) is 0 Å². The quantitative estimate of drug-likeness (QED) is 0.499. The summed E-state index contributed by atoms with van der Waals surface area (Å²) >= 11 is 0. The van der Waals surface area contributed by atoms with Gasteiger partial charge < -0.3 is 4.74 Å². The molecule has 0 aliphatic carbocycles. The Bertz CT molecular complexity index is 214. The normalized spacial score (nSPS) is 12.8. The molecule has 0 unspecified atom stereocenters. The Morgan fingerprint density at radius 2 is 1.93 bits per heavy atom. The molecular formula is C12H22O2. The topological polar surface area (TPSA) is 26.3 Å². The average molecular weight is 198 g/mol. The molecular weight excluding hydrogens is 176 g/mol. The molecule has 82 valence electrons. The Labute approximate surface area is 87.3 Å². The van der Waals surface area contributed by atoms with E-state index in [2.05, 4.69) is 13.0 Å². The molecule has 2 nitrogen and oxygen atoms in total. The van der Waals surface area contributed by atoms with Crippen molar-refractivity contribution in [1.82, 2.24) is 0 Å². The van der Waals surface area contributed by atoms with E-state index in [9.17, 15) is 4.79 Å². The number of carbonyl (C=O) groups excluding carboxylic acids is 1. The van der Waals surface area contributed by atoms with Crippen molar-refractivity contribution in [3.63, 3.8) is 0 Å². The first-order valence-electron chi connectivity index (χ1n) is 5.19. The van der Waals surface area contributed by atoms with Crippen LogP contribution in [0.15, 0.2) is 11.6 Å². The number of esters is 1. The second-order valence-electron chi connectivity index (χ2n) is 4.34. The lowest BCUT2D eigenvalue weighted by Gasteiger charge is -2.24. The van der Waals surface area contributed by atoms with Crippen LogP contribution in [-0.2, 0) is 9.53 Å². The van der Waals surface area contributed by atoms with Crippen LogP contribution in [0.3, 0.4) is 0 Å². The second kappa shape index (κ2) is 5.84. The molecule has 0 aromatic carbocycles. The Morgan fingerprint density at radius 3 is 2.36 bits per heavy atom. The van der Waals surface area contributed by atoms with Crippen molar-refractivity contribution in [2.45, 2.75) is 59.5 Å². The van der Waals surface area contributed by atoms with Crippen molar-refractivity contribution in [3.05, 3.63) is 11.6 Å². The van der Waals surface area contributed by atoms with Crippen LogP contribution in [0, 0.1) is 0 Å². The molecule has 0 aliphatic rings. The first-order valence-corrected chi connectivity index (χ1v) is 5.19. The summed E-state index contributed by atoms with van der Waals surface area (Å²) in [7, 11) is 0. The number of carbonyl (C=O) groups is 1. The molecule has 0 atom stereocenters. The van der Waals surface area contributed by atoms with Gasteiger partial charge in [-0.2, -0.15) is 0 Å². The molecule has 0 radical (unpaired) electrons. The molecule has 0 aromatic rings. The van der Waals surface area contributed by atoms with Crippen LogP contribution in [0.1, 0.15) is 53.9 Å². The fourth-order valence-electron chi connectivity index (χ4n) is 1.38. The van der Waals surface area contributed by atoms with Crippen molar-refractivity contribution in [2.75, 3.05) is 0 Å². The summed E-state index contributed by atoms with van der Waals surface area (Å²) in [6.07, 6.45) is 5.19. The molecule has 0 fully saturated rings. The lowest BCUT2D eigenvalue weighted by molar-refractivity contribution is -0.154. The van der Waals surface area contributed by atoms with Crippen LogP contribution in [0.4, 0.5) is 0 Å². The molecule has 0 saturated heterocycles. The van der Waals surface area contributed by atoms with Gasteiger partial charge in [0.05, 0.1) is 0 Å². The Balaban J connectivity index is 3.82. The lowest BCUT2D eigenvalue weighted by Crippen LogP contribution is -2.26. The minimum absolute atomic E-state index is 0.197. The van der Waals surface area contributed by atoms with E-state index in [1.807, 2.05) is 20.8 Å². The van der Waals surface area contributed by atoms with E-state index in [0.717, 1.165) is 19.3 Å². The maximum absolute atomic E-state index is 10.8. The van der Waals surface area contributed by atoms with Gasteiger partial charge in [0.1, 0.15) is 5.60 Å². The molecule has 0 N–H and O–H groups in total. The molecule has 0 rings (SSSR count). The molecule has 14 heavy (non-hydrogen) atoms. The third-order valence-electron chi connectivity index (χ3n) is 2.26. The predicted molar refractivity (Wildman–Crippen MR) is 59.1 cm³/mol. The molecule has 0 bridgehead atoms. The summed E-state index contributed by atoms with van der Waals surface area (Å²) in [6, 6.07) is 0. The standard InChI is InChI=1S/C12H22O2/c1-6-10(2)8-7-9-12(4,5)14-11(3)13/h6H,7-9H2,1-5H3/b10-6-. The van der Waals surface area contributed by atoms with Crippen LogP contribution < -0.4 is 0 Å². The maximum Gasteiger partial charge on any atom is 0.303 e. The van der Waals surface area contributed by atoms with Crippen molar-refractivity contribution >= 4 is 5.97 Å². The largest absolute Gasteiger partial charge is 0.460 e. The number of hydrogen-bond donors (Lipinski definition) is 0. The first-order chi connectivity index (χ1) is 6.37. The molecule has 2 heteroatoms. The Kier molecular flexibility index (Phi) is 5.51. The molecule has 0 amide bonds. The highest BCUT2D eigenvalue weighted by Crippen LogP contribution is 2.19. The fourth-order valence-corrected chi connectivity index (χ4v) is 1.38. The predicted octanol–water partition coefficient (Wildman–Crippen LogP) is 3.46. The smallest absolute Gasteiger partial charge is 0.303 e. The third-order valence-corrected chi connectivity index (χ3v) is 2.26. The minimum Gasteiger partial charge on any atom is -0.460 e. The van der Waals surface area contributed by atoms with Crippen LogP contribution >= 0.6 is 0 Å². The highest BCUT2D eigenvalue weighted by Gasteiger charge is 2.20. The summed E-state index contributed by atoms with van der Waals surface area (Å²) in [5.74, 6) is -0.197. The SMILES string of the molecule is C/C=C(/C)CCCC(C)(C)OC(C)=O. The monoisotopic (exact) mass is 198 g/mol. The summed E-state index contributed by atoms with van der Waals surface area (Å²) in [6.45, 7) is 9.54. The molecule has 0 spiro atoms. The molecule has 0 saturated carbocycles. The van der Waals surface area contributed by atoms with E-state index in [1.165, 1.54) is 12.5 Å². The van der Waals surface area contributed by atoms with Gasteiger partial charge in [-0.25, -0.2) is 0 Å². The minimum atomic E-state index is -0.320. The molecule has 0 heterocycles. The number of ether oxygens (including phenoxy) is 1. The van der Waals surface area contributed by atoms with Crippen LogP contribution in [0.25, 0.3) is 0 Å². The van der Waals surface area contributed by atoms with Gasteiger partial charge in [-0.3, -0.25) is 4.79 Å². The maximum atomic E-state index is 10.8. The van der Waals surface area contributed by atoms with Crippen LogP contribution in [-0.4, -0.2) is 11.6 Å². The van der Waals surface area contributed by atoms with Gasteiger partial charge in [-0.05, 0) is 47.0 Å². The summed E-state index contributed by atoms with van der Waals surface area (Å²) in [5.41, 5.74) is 1.07. The van der Waals surface area contributed by atoms with Gasteiger partial charge >= 0.3 is 5.97 Å². The van der Waals surface area contributed by atoms with Gasteiger partial charge in [0.2, 0.25) is 0 Å². The van der Waals surface area contributed by atoms with Crippen molar-refractivity contribution in [2.24, 2.45) is 0 Å². The lowest BCUT2D eigenvalue weighted by atomic mass is 9.99. The van der Waals surface area contributed by atoms with E-state index in [-0.39, 0.29) is 11.6 Å². The highest BCUT2D eigenvalue weighted by atomic mass is 16.6. The number of allylic oxidation sites excluding steroid dienone is 2. The van der Waals surface area contributed by atoms with Crippen LogP contribution in [0.5, 0.6) is 0 Å². The van der Waals surface area contributed by atoms with E-state index in [1.54, 1.807) is 0 Å². The summed E-state index contributed by atoms with van der Waals surface area (Å²) in [4.78, 5) is 10.8. The Hall–Kier alpha value is -0.790. The highest BCUT2D eigenvalue weighted by molar-refractivity contribution is 5.66. The molecule has 0 aliphatic heterocycles. The van der Waals surface area contributed by atoms with Gasteiger partial charge in [0.15, 0.2) is 0 Å². The molecule has 0 aromatic heterocycles. The van der Waals surface area contributed by atoms with Gasteiger partial charge in [0, 0.05) is 6.92 Å². The second-order valence-corrected chi connectivity index (χ2v) is 4.34. The third kappa shape index (κ3) is 6.70. The zero-order valence-corrected chi connectivity index (χ0v) is 10.0. The average Bonchev–Trinajstić information content (AvgIpc) is 2.01. The zero-order valence-electron chi connectivity index (χ0n) is 10.0. The van der Waals surface area contributed by atoms with E-state index >= 15 is 0 Å². The Morgan fingerprint density at radius 1 is 1.36 bits per heavy atom.